The molecule has 1 N–H and O–H groups in total. The van der Waals surface area contributed by atoms with E-state index in [1.807, 2.05) is 11.9 Å². The monoisotopic (exact) mass is 281 g/mol. The lowest BCUT2D eigenvalue weighted by Gasteiger charge is -2.33. The predicted molar refractivity (Wildman–Crippen MR) is 78.3 cm³/mol. The molecule has 5 nitrogen and oxygen atoms in total. The molecule has 0 aromatic rings. The highest BCUT2D eigenvalue weighted by atomic mass is 16.2. The van der Waals surface area contributed by atoms with Crippen molar-refractivity contribution in [2.75, 3.05) is 33.2 Å². The Hall–Kier alpha value is -1.10. The zero-order valence-corrected chi connectivity index (χ0v) is 12.7. The van der Waals surface area contributed by atoms with Gasteiger partial charge in [0.05, 0.1) is 12.5 Å². The van der Waals surface area contributed by atoms with Crippen LogP contribution in [0.15, 0.2) is 0 Å². The Morgan fingerprint density at radius 2 is 2.20 bits per heavy atom. The van der Waals surface area contributed by atoms with Crippen LogP contribution in [0.25, 0.3) is 0 Å². The second kappa shape index (κ2) is 7.07. The van der Waals surface area contributed by atoms with Gasteiger partial charge >= 0.3 is 0 Å². The Kier molecular flexibility index (Phi) is 5.40. The molecule has 1 heterocycles. The summed E-state index contributed by atoms with van der Waals surface area (Å²) in [6.45, 7) is 5.36. The molecule has 0 bridgehead atoms. The van der Waals surface area contributed by atoms with Gasteiger partial charge in [-0.1, -0.05) is 13.3 Å². The molecule has 0 aromatic carbocycles. The molecule has 1 saturated carbocycles. The summed E-state index contributed by atoms with van der Waals surface area (Å²) in [5, 5.41) is 3.20. The molecule has 1 saturated heterocycles. The van der Waals surface area contributed by atoms with Gasteiger partial charge in [-0.2, -0.15) is 0 Å². The lowest BCUT2D eigenvalue weighted by molar-refractivity contribution is -0.140. The molecule has 2 rings (SSSR count). The van der Waals surface area contributed by atoms with Crippen LogP contribution in [0.2, 0.25) is 0 Å². The highest BCUT2D eigenvalue weighted by molar-refractivity contribution is 5.88. The van der Waals surface area contributed by atoms with E-state index in [4.69, 9.17) is 0 Å². The molecule has 5 heteroatoms. The number of amides is 2. The molecule has 1 atom stereocenters. The van der Waals surface area contributed by atoms with Gasteiger partial charge in [-0.3, -0.25) is 9.59 Å². The average Bonchev–Trinajstić information content (AvgIpc) is 3.24. The van der Waals surface area contributed by atoms with Crippen LogP contribution in [-0.4, -0.2) is 60.9 Å². The first-order valence-corrected chi connectivity index (χ1v) is 7.88. The topological polar surface area (TPSA) is 52.7 Å². The van der Waals surface area contributed by atoms with Crippen LogP contribution in [0.1, 0.15) is 39.0 Å². The molecular formula is C15H27N3O2. The zero-order chi connectivity index (χ0) is 14.5. The Bertz CT molecular complexity index is 355. The lowest BCUT2D eigenvalue weighted by atomic mass is 10.1. The normalized spacial score (nSPS) is 23.0. The van der Waals surface area contributed by atoms with Crippen molar-refractivity contribution >= 4 is 11.8 Å². The van der Waals surface area contributed by atoms with Crippen LogP contribution in [0.5, 0.6) is 0 Å². The number of hydrogen-bond acceptors (Lipinski definition) is 3. The molecule has 2 fully saturated rings. The Morgan fingerprint density at radius 3 is 2.85 bits per heavy atom. The predicted octanol–water partition coefficient (Wildman–Crippen LogP) is 0.845. The van der Waals surface area contributed by atoms with Crippen LogP contribution in [-0.2, 0) is 9.59 Å². The fourth-order valence-corrected chi connectivity index (χ4v) is 2.59. The minimum absolute atomic E-state index is 0.0672. The van der Waals surface area contributed by atoms with Crippen molar-refractivity contribution in [2.45, 2.75) is 45.1 Å². The van der Waals surface area contributed by atoms with Crippen LogP contribution >= 0.6 is 0 Å². The Morgan fingerprint density at radius 1 is 1.45 bits per heavy atom. The van der Waals surface area contributed by atoms with Crippen molar-refractivity contribution in [1.29, 1.82) is 0 Å². The molecule has 114 valence electrons. The van der Waals surface area contributed by atoms with E-state index >= 15 is 0 Å². The minimum Gasteiger partial charge on any atom is -0.346 e. The van der Waals surface area contributed by atoms with Crippen LogP contribution < -0.4 is 5.32 Å². The largest absolute Gasteiger partial charge is 0.346 e. The smallest absolute Gasteiger partial charge is 0.240 e. The van der Waals surface area contributed by atoms with Crippen LogP contribution in [0.4, 0.5) is 0 Å². The third-order valence-electron chi connectivity index (χ3n) is 4.21. The van der Waals surface area contributed by atoms with Crippen molar-refractivity contribution in [2.24, 2.45) is 5.92 Å². The number of nitrogens with one attached hydrogen (secondary N) is 1. The van der Waals surface area contributed by atoms with Crippen LogP contribution in [0, 0.1) is 5.92 Å². The summed E-state index contributed by atoms with van der Waals surface area (Å²) in [6, 6.07) is -0.320. The second-order valence-electron chi connectivity index (χ2n) is 6.11. The fraction of sp³-hybridized carbons (Fsp3) is 0.867. The number of rotatable bonds is 7. The Labute approximate surface area is 121 Å². The van der Waals surface area contributed by atoms with Crippen molar-refractivity contribution in [3.05, 3.63) is 0 Å². The highest BCUT2D eigenvalue weighted by Crippen LogP contribution is 2.30. The number of carbonyl (C=O) groups excluding carboxylic acids is 2. The fourth-order valence-electron chi connectivity index (χ4n) is 2.59. The molecule has 2 aliphatic rings. The van der Waals surface area contributed by atoms with E-state index in [2.05, 4.69) is 12.2 Å². The van der Waals surface area contributed by atoms with Crippen molar-refractivity contribution in [3.8, 4) is 0 Å². The maximum atomic E-state index is 12.4. The van der Waals surface area contributed by atoms with E-state index in [-0.39, 0.29) is 17.9 Å². The highest BCUT2D eigenvalue weighted by Gasteiger charge is 2.34. The first-order valence-electron chi connectivity index (χ1n) is 7.88. The van der Waals surface area contributed by atoms with Crippen molar-refractivity contribution < 1.29 is 9.59 Å². The van der Waals surface area contributed by atoms with Gasteiger partial charge in [0.1, 0.15) is 0 Å². The third-order valence-corrected chi connectivity index (χ3v) is 4.21. The average molecular weight is 281 g/mol. The summed E-state index contributed by atoms with van der Waals surface area (Å²) in [4.78, 5) is 28.2. The molecule has 0 aromatic heterocycles. The maximum absolute atomic E-state index is 12.4. The van der Waals surface area contributed by atoms with Gasteiger partial charge in [-0.15, -0.1) is 0 Å². The first kappa shape index (κ1) is 15.3. The summed E-state index contributed by atoms with van der Waals surface area (Å²) >= 11 is 0. The van der Waals surface area contributed by atoms with E-state index in [9.17, 15) is 9.59 Å². The standard InChI is InChI=1S/C15H27N3O2/c1-3-4-8-17(2)14(19)10-13-15(20)18(9-7-16-13)11-12-5-6-12/h12-13,16H,3-11H2,1-2H3. The summed E-state index contributed by atoms with van der Waals surface area (Å²) in [7, 11) is 1.83. The molecular weight excluding hydrogens is 254 g/mol. The van der Waals surface area contributed by atoms with Gasteiger partial charge in [0.25, 0.3) is 0 Å². The van der Waals surface area contributed by atoms with E-state index in [0.29, 0.717) is 12.3 Å². The molecule has 1 aliphatic heterocycles. The molecule has 1 aliphatic carbocycles. The number of nitrogens with zero attached hydrogens (tertiary/aromatic N) is 2. The van der Waals surface area contributed by atoms with E-state index in [1.54, 1.807) is 4.90 Å². The minimum atomic E-state index is -0.320. The third kappa shape index (κ3) is 4.20. The molecule has 0 spiro atoms. The van der Waals surface area contributed by atoms with Crippen molar-refractivity contribution in [1.82, 2.24) is 15.1 Å². The zero-order valence-electron chi connectivity index (χ0n) is 12.7. The number of hydrogen-bond donors (Lipinski definition) is 1. The van der Waals surface area contributed by atoms with Gasteiger partial charge in [0.15, 0.2) is 0 Å². The number of piperazine rings is 1. The van der Waals surface area contributed by atoms with Gasteiger partial charge < -0.3 is 15.1 Å². The van der Waals surface area contributed by atoms with Gasteiger partial charge in [0, 0.05) is 33.2 Å². The quantitative estimate of drug-likeness (QED) is 0.752. The van der Waals surface area contributed by atoms with Crippen molar-refractivity contribution in [3.63, 3.8) is 0 Å². The summed E-state index contributed by atoms with van der Waals surface area (Å²) < 4.78 is 0. The number of carbonyl (C=O) groups is 2. The second-order valence-corrected chi connectivity index (χ2v) is 6.11. The molecule has 20 heavy (non-hydrogen) atoms. The van der Waals surface area contributed by atoms with E-state index in [1.165, 1.54) is 12.8 Å². The Balaban J connectivity index is 1.81. The number of unbranched alkanes of at least 4 members (excludes halogenated alkanes) is 1. The molecule has 1 unspecified atom stereocenters. The van der Waals surface area contributed by atoms with Crippen LogP contribution in [0.3, 0.4) is 0 Å². The van der Waals surface area contributed by atoms with E-state index < -0.39 is 0 Å². The summed E-state index contributed by atoms with van der Waals surface area (Å²) in [5.41, 5.74) is 0. The van der Waals surface area contributed by atoms with Gasteiger partial charge in [0.2, 0.25) is 11.8 Å². The maximum Gasteiger partial charge on any atom is 0.240 e. The molecule has 0 radical (unpaired) electrons. The van der Waals surface area contributed by atoms with Gasteiger partial charge in [-0.05, 0) is 25.2 Å². The SMILES string of the molecule is CCCCN(C)C(=O)CC1NCCN(CC2CC2)C1=O. The van der Waals surface area contributed by atoms with E-state index in [0.717, 1.165) is 39.0 Å². The first-order chi connectivity index (χ1) is 9.61. The lowest BCUT2D eigenvalue weighted by Crippen LogP contribution is -2.56. The summed E-state index contributed by atoms with van der Waals surface area (Å²) in [6.07, 6.45) is 4.89. The van der Waals surface area contributed by atoms with Gasteiger partial charge in [-0.25, -0.2) is 0 Å². The molecule has 2 amide bonds. The summed E-state index contributed by atoms with van der Waals surface area (Å²) in [5.74, 6) is 0.888.